The third kappa shape index (κ3) is 4.52. The summed E-state index contributed by atoms with van der Waals surface area (Å²) in [5.41, 5.74) is 2.50. The Kier molecular flexibility index (Phi) is 5.38. The molecule has 144 valence electrons. The highest BCUT2D eigenvalue weighted by atomic mass is 19.1. The summed E-state index contributed by atoms with van der Waals surface area (Å²) >= 11 is 0. The number of carbonyl (C=O) groups is 1. The third-order valence-corrected chi connectivity index (χ3v) is 4.41. The lowest BCUT2D eigenvalue weighted by atomic mass is 9.98. The van der Waals surface area contributed by atoms with Crippen molar-refractivity contribution in [2.45, 2.75) is 12.6 Å². The summed E-state index contributed by atoms with van der Waals surface area (Å²) in [4.78, 5) is 13.9. The van der Waals surface area contributed by atoms with Gasteiger partial charge in [0.05, 0.1) is 6.04 Å². The lowest BCUT2D eigenvalue weighted by Gasteiger charge is -2.19. The van der Waals surface area contributed by atoms with E-state index in [0.29, 0.717) is 5.82 Å². The second-order valence-corrected chi connectivity index (χ2v) is 6.47. The summed E-state index contributed by atoms with van der Waals surface area (Å²) in [5.74, 6) is -0.149. The smallest absolute Gasteiger partial charge is 0.244 e. The first-order valence-electron chi connectivity index (χ1n) is 9.12. The number of halogens is 1. The van der Waals surface area contributed by atoms with Gasteiger partial charge in [-0.15, -0.1) is 10.2 Å². The van der Waals surface area contributed by atoms with Crippen LogP contribution in [0.5, 0.6) is 0 Å². The Labute approximate surface area is 167 Å². The van der Waals surface area contributed by atoms with Crippen LogP contribution in [0.3, 0.4) is 0 Å². The first-order chi connectivity index (χ1) is 14.2. The van der Waals surface area contributed by atoms with Gasteiger partial charge in [0, 0.05) is 5.56 Å². The summed E-state index contributed by atoms with van der Waals surface area (Å²) in [5, 5.41) is 15.2. The summed E-state index contributed by atoms with van der Waals surface area (Å²) < 4.78 is 13.3. The van der Waals surface area contributed by atoms with Crippen molar-refractivity contribution in [2.24, 2.45) is 0 Å². The molecule has 0 spiro atoms. The van der Waals surface area contributed by atoms with Crippen molar-refractivity contribution in [1.29, 1.82) is 0 Å². The lowest BCUT2D eigenvalue weighted by molar-refractivity contribution is -0.122. The van der Waals surface area contributed by atoms with E-state index in [9.17, 15) is 9.18 Å². The first kappa shape index (κ1) is 18.5. The average Bonchev–Trinajstić information content (AvgIpc) is 3.22. The molecule has 0 aliphatic heterocycles. The van der Waals surface area contributed by atoms with Gasteiger partial charge in [-0.1, -0.05) is 72.8 Å². The van der Waals surface area contributed by atoms with Gasteiger partial charge in [0.15, 0.2) is 0 Å². The molecular formula is C22H18FN5O. The number of aromatic nitrogens is 4. The first-order valence-corrected chi connectivity index (χ1v) is 9.12. The molecule has 0 saturated heterocycles. The van der Waals surface area contributed by atoms with Crippen LogP contribution >= 0.6 is 0 Å². The maximum Gasteiger partial charge on any atom is 0.244 e. The van der Waals surface area contributed by atoms with Gasteiger partial charge in [0.1, 0.15) is 12.4 Å². The molecule has 0 aliphatic carbocycles. The van der Waals surface area contributed by atoms with Gasteiger partial charge in [0.2, 0.25) is 11.7 Å². The fraction of sp³-hybridized carbons (Fsp3) is 0.0909. The van der Waals surface area contributed by atoms with Crippen molar-refractivity contribution >= 4 is 5.91 Å². The second-order valence-electron chi connectivity index (χ2n) is 6.47. The molecule has 1 heterocycles. The van der Waals surface area contributed by atoms with E-state index in [1.165, 1.54) is 16.9 Å². The van der Waals surface area contributed by atoms with Crippen LogP contribution in [0.25, 0.3) is 11.4 Å². The molecule has 1 aromatic heterocycles. The van der Waals surface area contributed by atoms with E-state index in [0.717, 1.165) is 16.7 Å². The summed E-state index contributed by atoms with van der Waals surface area (Å²) in [6, 6.07) is 24.6. The number of carbonyl (C=O) groups excluding carboxylic acids is 1. The van der Waals surface area contributed by atoms with Crippen molar-refractivity contribution < 1.29 is 9.18 Å². The molecule has 6 nitrogen and oxygen atoms in total. The van der Waals surface area contributed by atoms with E-state index in [-0.39, 0.29) is 18.3 Å². The van der Waals surface area contributed by atoms with Crippen LogP contribution in [0.1, 0.15) is 17.2 Å². The highest BCUT2D eigenvalue weighted by molar-refractivity contribution is 5.76. The van der Waals surface area contributed by atoms with Gasteiger partial charge in [-0.2, -0.15) is 4.80 Å². The number of amides is 1. The lowest BCUT2D eigenvalue weighted by Crippen LogP contribution is -2.32. The second kappa shape index (κ2) is 8.43. The zero-order valence-electron chi connectivity index (χ0n) is 15.4. The monoisotopic (exact) mass is 387 g/mol. The van der Waals surface area contributed by atoms with Crippen LogP contribution in [0, 0.1) is 5.82 Å². The highest BCUT2D eigenvalue weighted by Crippen LogP contribution is 2.22. The van der Waals surface area contributed by atoms with Crippen LogP contribution in [-0.2, 0) is 11.3 Å². The van der Waals surface area contributed by atoms with Crippen molar-refractivity contribution in [3.63, 3.8) is 0 Å². The topological polar surface area (TPSA) is 72.7 Å². The highest BCUT2D eigenvalue weighted by Gasteiger charge is 2.18. The normalized spacial score (nSPS) is 11.8. The maximum atomic E-state index is 13.3. The van der Waals surface area contributed by atoms with Gasteiger partial charge < -0.3 is 5.32 Å². The van der Waals surface area contributed by atoms with Gasteiger partial charge in [0.25, 0.3) is 0 Å². The van der Waals surface area contributed by atoms with Gasteiger partial charge in [-0.25, -0.2) is 4.39 Å². The largest absolute Gasteiger partial charge is 0.344 e. The molecule has 0 radical (unpaired) electrons. The number of nitrogens with zero attached hydrogens (tertiary/aromatic N) is 4. The van der Waals surface area contributed by atoms with Crippen LogP contribution in [0.15, 0.2) is 84.9 Å². The minimum absolute atomic E-state index is 0.0790. The Hall–Kier alpha value is -3.87. The minimum atomic E-state index is -0.415. The van der Waals surface area contributed by atoms with Crippen LogP contribution in [0.2, 0.25) is 0 Å². The number of hydrogen-bond acceptors (Lipinski definition) is 4. The predicted molar refractivity (Wildman–Crippen MR) is 106 cm³/mol. The zero-order valence-corrected chi connectivity index (χ0v) is 15.4. The number of nitrogens with one attached hydrogen (secondary N) is 1. The molecule has 0 aliphatic rings. The van der Waals surface area contributed by atoms with Crippen LogP contribution in [0.4, 0.5) is 4.39 Å². The fourth-order valence-corrected chi connectivity index (χ4v) is 3.01. The van der Waals surface area contributed by atoms with E-state index in [2.05, 4.69) is 20.7 Å². The predicted octanol–water partition coefficient (Wildman–Crippen LogP) is 3.39. The Morgan fingerprint density at radius 2 is 1.52 bits per heavy atom. The van der Waals surface area contributed by atoms with Crippen molar-refractivity contribution in [3.05, 3.63) is 102 Å². The molecule has 29 heavy (non-hydrogen) atoms. The Morgan fingerprint density at radius 3 is 2.21 bits per heavy atom. The fourth-order valence-electron chi connectivity index (χ4n) is 3.01. The van der Waals surface area contributed by atoms with E-state index >= 15 is 0 Å². The van der Waals surface area contributed by atoms with Crippen LogP contribution < -0.4 is 5.32 Å². The van der Waals surface area contributed by atoms with Crippen molar-refractivity contribution in [2.75, 3.05) is 0 Å². The summed E-state index contributed by atoms with van der Waals surface area (Å²) in [6.45, 7) is -0.0790. The molecule has 1 amide bonds. The van der Waals surface area contributed by atoms with Crippen molar-refractivity contribution in [3.8, 4) is 11.4 Å². The average molecular weight is 387 g/mol. The maximum absolute atomic E-state index is 13.3. The number of tetrazole rings is 1. The molecule has 4 rings (SSSR count). The SMILES string of the molecule is O=C(Cn1nnc(-c2ccccc2)n1)NC(c1ccccc1)c1ccc(F)cc1. The zero-order chi connectivity index (χ0) is 20.1. The Bertz CT molecular complexity index is 1080. The summed E-state index contributed by atoms with van der Waals surface area (Å²) in [6.07, 6.45) is 0. The molecule has 3 aromatic carbocycles. The van der Waals surface area contributed by atoms with E-state index in [1.54, 1.807) is 12.1 Å². The minimum Gasteiger partial charge on any atom is -0.344 e. The quantitative estimate of drug-likeness (QED) is 0.550. The number of hydrogen-bond donors (Lipinski definition) is 1. The molecule has 4 aromatic rings. The number of rotatable bonds is 6. The van der Waals surface area contributed by atoms with Crippen LogP contribution in [-0.4, -0.2) is 26.1 Å². The van der Waals surface area contributed by atoms with Gasteiger partial charge in [-0.05, 0) is 28.5 Å². The third-order valence-electron chi connectivity index (χ3n) is 4.41. The molecular weight excluding hydrogens is 369 g/mol. The van der Waals surface area contributed by atoms with Gasteiger partial charge >= 0.3 is 0 Å². The molecule has 1 N–H and O–H groups in total. The molecule has 1 unspecified atom stereocenters. The standard InChI is InChI=1S/C22H18FN5O/c23-19-13-11-17(12-14-19)21(16-7-3-1-4-8-16)24-20(29)15-28-26-22(25-27-28)18-9-5-2-6-10-18/h1-14,21H,15H2,(H,24,29). The van der Waals surface area contributed by atoms with Gasteiger partial charge in [-0.3, -0.25) is 4.79 Å². The number of benzene rings is 3. The Balaban J connectivity index is 1.51. The van der Waals surface area contributed by atoms with E-state index < -0.39 is 6.04 Å². The molecule has 0 saturated carbocycles. The molecule has 1 atom stereocenters. The van der Waals surface area contributed by atoms with Crippen molar-refractivity contribution in [1.82, 2.24) is 25.5 Å². The molecule has 0 fully saturated rings. The summed E-state index contributed by atoms with van der Waals surface area (Å²) in [7, 11) is 0. The van der Waals surface area contributed by atoms with E-state index in [1.807, 2.05) is 60.7 Å². The Morgan fingerprint density at radius 1 is 0.897 bits per heavy atom. The van der Waals surface area contributed by atoms with E-state index in [4.69, 9.17) is 0 Å². The molecule has 0 bridgehead atoms. The molecule has 7 heteroatoms.